The number of benzene rings is 1. The molecule has 0 saturated carbocycles. The van der Waals surface area contributed by atoms with Crippen LogP contribution in [0.4, 0.5) is 0 Å². The van der Waals surface area contributed by atoms with E-state index in [1.54, 1.807) is 40.1 Å². The molecule has 0 amide bonds. The summed E-state index contributed by atoms with van der Waals surface area (Å²) in [6.07, 6.45) is 1.84. The van der Waals surface area contributed by atoms with Gasteiger partial charge in [0.25, 0.3) is 0 Å². The first kappa shape index (κ1) is 16.0. The van der Waals surface area contributed by atoms with Crippen molar-refractivity contribution in [1.29, 1.82) is 0 Å². The van der Waals surface area contributed by atoms with Gasteiger partial charge in [-0.1, -0.05) is 13.3 Å². The molecule has 5 heteroatoms. The highest BCUT2D eigenvalue weighted by Crippen LogP contribution is 2.27. The molecule has 108 valence electrons. The minimum Gasteiger partial charge on any atom is -0.497 e. The molecule has 19 heavy (non-hydrogen) atoms. The van der Waals surface area contributed by atoms with Crippen LogP contribution in [-0.4, -0.2) is 33.4 Å². The summed E-state index contributed by atoms with van der Waals surface area (Å²) in [5.74, 6) is 0.685. The number of aryl methyl sites for hydroxylation is 2. The van der Waals surface area contributed by atoms with Gasteiger partial charge < -0.3 is 4.74 Å². The molecular weight excluding hydrogens is 262 g/mol. The monoisotopic (exact) mass is 285 g/mol. The van der Waals surface area contributed by atoms with Gasteiger partial charge in [-0.3, -0.25) is 0 Å². The van der Waals surface area contributed by atoms with E-state index >= 15 is 0 Å². The van der Waals surface area contributed by atoms with E-state index in [4.69, 9.17) is 4.74 Å². The van der Waals surface area contributed by atoms with Gasteiger partial charge in [0, 0.05) is 13.6 Å². The second kappa shape index (κ2) is 6.39. The molecule has 1 rings (SSSR count). The van der Waals surface area contributed by atoms with E-state index in [9.17, 15) is 8.42 Å². The van der Waals surface area contributed by atoms with Crippen molar-refractivity contribution in [3.8, 4) is 5.75 Å². The number of ether oxygens (including phenoxy) is 1. The second-order valence-electron chi connectivity index (χ2n) is 4.77. The van der Waals surface area contributed by atoms with E-state index in [1.807, 2.05) is 6.92 Å². The maximum absolute atomic E-state index is 12.6. The van der Waals surface area contributed by atoms with Crippen LogP contribution in [0.1, 0.15) is 30.9 Å². The molecule has 0 fully saturated rings. The average molecular weight is 285 g/mol. The van der Waals surface area contributed by atoms with Gasteiger partial charge in [0.1, 0.15) is 5.75 Å². The Morgan fingerprint density at radius 2 is 1.74 bits per heavy atom. The van der Waals surface area contributed by atoms with Crippen molar-refractivity contribution in [2.75, 3.05) is 20.7 Å². The van der Waals surface area contributed by atoms with Gasteiger partial charge in [0.05, 0.1) is 12.0 Å². The fourth-order valence-corrected chi connectivity index (χ4v) is 3.70. The number of methoxy groups -OCH3 is 1. The van der Waals surface area contributed by atoms with Crippen LogP contribution in [0.25, 0.3) is 0 Å². The number of unbranched alkanes of at least 4 members (excludes halogenated alkanes) is 1. The third-order valence-corrected chi connectivity index (χ3v) is 5.33. The average Bonchev–Trinajstić information content (AvgIpc) is 2.34. The van der Waals surface area contributed by atoms with Crippen molar-refractivity contribution in [1.82, 2.24) is 4.31 Å². The summed E-state index contributed by atoms with van der Waals surface area (Å²) in [6, 6.07) is 3.51. The molecule has 1 aromatic carbocycles. The molecule has 0 spiro atoms. The van der Waals surface area contributed by atoms with Crippen molar-refractivity contribution in [3.05, 3.63) is 23.3 Å². The van der Waals surface area contributed by atoms with Crippen molar-refractivity contribution in [2.24, 2.45) is 0 Å². The molecule has 0 aliphatic rings. The van der Waals surface area contributed by atoms with Gasteiger partial charge in [0.15, 0.2) is 0 Å². The number of nitrogens with zero attached hydrogens (tertiary/aromatic N) is 1. The standard InChI is InChI=1S/C14H23NO3S/c1-6-7-8-15(4)19(16,17)14-11(2)9-13(18-5)10-12(14)3/h9-10H,6-8H2,1-5H3. The van der Waals surface area contributed by atoms with Crippen LogP contribution in [0, 0.1) is 13.8 Å². The summed E-state index contributed by atoms with van der Waals surface area (Å²) in [6.45, 7) is 6.19. The Labute approximate surface area is 116 Å². The van der Waals surface area contributed by atoms with Crippen LogP contribution >= 0.6 is 0 Å². The van der Waals surface area contributed by atoms with Crippen LogP contribution < -0.4 is 4.74 Å². The maximum Gasteiger partial charge on any atom is 0.243 e. The third-order valence-electron chi connectivity index (χ3n) is 3.16. The molecule has 0 aromatic heterocycles. The van der Waals surface area contributed by atoms with Crippen LogP contribution in [0.2, 0.25) is 0 Å². The highest BCUT2D eigenvalue weighted by atomic mass is 32.2. The Bertz CT molecular complexity index is 515. The Hall–Kier alpha value is -1.07. The molecule has 0 unspecified atom stereocenters. The summed E-state index contributed by atoms with van der Waals surface area (Å²) >= 11 is 0. The van der Waals surface area contributed by atoms with Gasteiger partial charge in [-0.15, -0.1) is 0 Å². The molecule has 0 aliphatic heterocycles. The Kier molecular flexibility index (Phi) is 5.38. The lowest BCUT2D eigenvalue weighted by atomic mass is 10.1. The molecule has 0 aliphatic carbocycles. The summed E-state index contributed by atoms with van der Waals surface area (Å²) < 4.78 is 31.7. The minimum absolute atomic E-state index is 0.395. The van der Waals surface area contributed by atoms with Crippen molar-refractivity contribution < 1.29 is 13.2 Å². The fraction of sp³-hybridized carbons (Fsp3) is 0.571. The smallest absolute Gasteiger partial charge is 0.243 e. The van der Waals surface area contributed by atoms with Crippen LogP contribution in [0.5, 0.6) is 5.75 Å². The lowest BCUT2D eigenvalue weighted by molar-refractivity contribution is 0.413. The van der Waals surface area contributed by atoms with Gasteiger partial charge in [-0.2, -0.15) is 0 Å². The molecule has 0 atom stereocenters. The number of hydrogen-bond acceptors (Lipinski definition) is 3. The van der Waals surface area contributed by atoms with Crippen molar-refractivity contribution in [2.45, 2.75) is 38.5 Å². The zero-order chi connectivity index (χ0) is 14.6. The van der Waals surface area contributed by atoms with E-state index in [2.05, 4.69) is 0 Å². The number of hydrogen-bond donors (Lipinski definition) is 0. The van der Waals surface area contributed by atoms with Gasteiger partial charge in [0.2, 0.25) is 10.0 Å². The zero-order valence-corrected chi connectivity index (χ0v) is 13.2. The molecule has 4 nitrogen and oxygen atoms in total. The molecule has 0 saturated heterocycles. The summed E-state index contributed by atoms with van der Waals surface area (Å²) in [4.78, 5) is 0.395. The van der Waals surface area contributed by atoms with Crippen LogP contribution in [0.15, 0.2) is 17.0 Å². The minimum atomic E-state index is -3.42. The zero-order valence-electron chi connectivity index (χ0n) is 12.4. The van der Waals surface area contributed by atoms with Gasteiger partial charge in [-0.25, -0.2) is 12.7 Å². The Morgan fingerprint density at radius 3 is 2.16 bits per heavy atom. The van der Waals surface area contributed by atoms with Crippen molar-refractivity contribution in [3.63, 3.8) is 0 Å². The van der Waals surface area contributed by atoms with Crippen LogP contribution in [0.3, 0.4) is 0 Å². The molecule has 1 aromatic rings. The van der Waals surface area contributed by atoms with Gasteiger partial charge in [-0.05, 0) is 43.5 Å². The molecule has 0 N–H and O–H groups in total. The maximum atomic E-state index is 12.6. The SMILES string of the molecule is CCCCN(C)S(=O)(=O)c1c(C)cc(OC)cc1C. The van der Waals surface area contributed by atoms with E-state index in [0.717, 1.165) is 24.0 Å². The Morgan fingerprint density at radius 1 is 1.21 bits per heavy atom. The van der Waals surface area contributed by atoms with E-state index in [-0.39, 0.29) is 0 Å². The van der Waals surface area contributed by atoms with Gasteiger partial charge >= 0.3 is 0 Å². The molecule has 0 bridgehead atoms. The fourth-order valence-electron chi connectivity index (χ4n) is 2.09. The third kappa shape index (κ3) is 3.48. The summed E-state index contributed by atoms with van der Waals surface area (Å²) in [5.41, 5.74) is 1.44. The summed E-state index contributed by atoms with van der Waals surface area (Å²) in [5, 5.41) is 0. The molecule has 0 heterocycles. The predicted molar refractivity (Wildman–Crippen MR) is 77.2 cm³/mol. The topological polar surface area (TPSA) is 46.6 Å². The number of sulfonamides is 1. The van der Waals surface area contributed by atoms with E-state index < -0.39 is 10.0 Å². The molecule has 0 radical (unpaired) electrons. The normalized spacial score (nSPS) is 11.9. The number of rotatable bonds is 6. The first-order chi connectivity index (χ1) is 8.84. The predicted octanol–water partition coefficient (Wildman–Crippen LogP) is 2.73. The summed E-state index contributed by atoms with van der Waals surface area (Å²) in [7, 11) is -0.208. The first-order valence-corrected chi connectivity index (χ1v) is 7.90. The highest BCUT2D eigenvalue weighted by molar-refractivity contribution is 7.89. The lowest BCUT2D eigenvalue weighted by Gasteiger charge is -2.20. The van der Waals surface area contributed by atoms with Crippen LogP contribution in [-0.2, 0) is 10.0 Å². The quantitative estimate of drug-likeness (QED) is 0.807. The second-order valence-corrected chi connectivity index (χ2v) is 6.75. The lowest BCUT2D eigenvalue weighted by Crippen LogP contribution is -2.29. The first-order valence-electron chi connectivity index (χ1n) is 6.46. The van der Waals surface area contributed by atoms with E-state index in [1.165, 1.54) is 4.31 Å². The highest BCUT2D eigenvalue weighted by Gasteiger charge is 2.24. The Balaban J connectivity index is 3.22. The molecular formula is C14H23NO3S. The van der Waals surface area contributed by atoms with E-state index in [0.29, 0.717) is 17.2 Å². The van der Waals surface area contributed by atoms with Crippen molar-refractivity contribution >= 4 is 10.0 Å². The largest absolute Gasteiger partial charge is 0.497 e.